The molecule has 0 aliphatic rings. The molecule has 0 saturated heterocycles. The number of carbonyl (C=O) groups excluding carboxylic acids is 1. The molecule has 40 heavy (non-hydrogen) atoms. The molecule has 0 unspecified atom stereocenters. The lowest BCUT2D eigenvalue weighted by molar-refractivity contribution is 0.145. The van der Waals surface area contributed by atoms with Crippen LogP contribution in [0.5, 0.6) is 5.88 Å². The van der Waals surface area contributed by atoms with E-state index in [4.69, 9.17) is 52.4 Å². The summed E-state index contributed by atoms with van der Waals surface area (Å²) in [7, 11) is -3.20. The Bertz CT molecular complexity index is 1310. The van der Waals surface area contributed by atoms with Gasteiger partial charge in [0.25, 0.3) is 0 Å². The maximum Gasteiger partial charge on any atom is 0.404 e. The fourth-order valence-electron chi connectivity index (χ4n) is 3.69. The van der Waals surface area contributed by atoms with Gasteiger partial charge in [0.05, 0.1) is 31.6 Å². The average Bonchev–Trinajstić information content (AvgIpc) is 3.20. The number of benzene rings is 1. The molecule has 14 heteroatoms. The molecule has 1 aromatic carbocycles. The third kappa shape index (κ3) is 9.39. The van der Waals surface area contributed by atoms with Crippen LogP contribution in [0.4, 0.5) is 4.79 Å². The highest BCUT2D eigenvalue weighted by Gasteiger charge is 2.24. The zero-order valence-corrected chi connectivity index (χ0v) is 26.0. The van der Waals surface area contributed by atoms with Gasteiger partial charge in [0.15, 0.2) is 6.61 Å². The summed E-state index contributed by atoms with van der Waals surface area (Å²) in [6, 6.07) is 8.91. The Morgan fingerprint density at radius 2 is 1.80 bits per heavy atom. The second kappa shape index (κ2) is 15.1. The number of nitrogens with two attached hydrogens (primary N) is 1. The van der Waals surface area contributed by atoms with Gasteiger partial charge in [-0.15, -0.1) is 0 Å². The number of imidazole rings is 1. The highest BCUT2D eigenvalue weighted by atomic mass is 35.5. The molecule has 0 spiro atoms. The molecule has 2 aromatic heterocycles. The second-order valence-corrected chi connectivity index (χ2v) is 12.9. The Hall–Kier alpha value is -2.27. The van der Waals surface area contributed by atoms with Gasteiger partial charge < -0.3 is 28.8 Å². The number of hydrogen-bond donors (Lipinski definition) is 1. The quantitative estimate of drug-likeness (QED) is 0.174. The molecule has 0 bridgehead atoms. The van der Waals surface area contributed by atoms with Crippen molar-refractivity contribution in [3.05, 3.63) is 63.7 Å². The van der Waals surface area contributed by atoms with Crippen LogP contribution in [-0.2, 0) is 31.5 Å². The van der Waals surface area contributed by atoms with E-state index in [0.717, 1.165) is 21.2 Å². The van der Waals surface area contributed by atoms with Crippen LogP contribution in [0, 0.1) is 0 Å². The van der Waals surface area contributed by atoms with Gasteiger partial charge in [-0.25, -0.2) is 14.8 Å². The van der Waals surface area contributed by atoms with Crippen LogP contribution < -0.4 is 10.5 Å². The van der Waals surface area contributed by atoms with Gasteiger partial charge in [-0.1, -0.05) is 54.9 Å². The number of halogens is 2. The molecule has 10 nitrogen and oxygen atoms in total. The van der Waals surface area contributed by atoms with Gasteiger partial charge in [0.1, 0.15) is 17.5 Å². The lowest BCUT2D eigenvalue weighted by Crippen LogP contribution is -2.15. The minimum absolute atomic E-state index is 0.0731. The van der Waals surface area contributed by atoms with Crippen molar-refractivity contribution in [2.24, 2.45) is 5.73 Å². The number of rotatable bonds is 15. The Balaban J connectivity index is 1.85. The minimum atomic E-state index is -3.20. The maximum absolute atomic E-state index is 12.6. The molecule has 0 aliphatic carbocycles. The number of nitrogens with zero attached hydrogens (tertiary/aromatic N) is 3. The molecular weight excluding hydrogens is 598 g/mol. The van der Waals surface area contributed by atoms with Crippen molar-refractivity contribution in [3.8, 4) is 5.88 Å². The van der Waals surface area contributed by atoms with Gasteiger partial charge in [0, 0.05) is 27.2 Å². The van der Waals surface area contributed by atoms with Crippen molar-refractivity contribution >= 4 is 48.7 Å². The number of hydrogen-bond acceptors (Lipinski definition) is 9. The number of carbonyl (C=O) groups is 1. The van der Waals surface area contributed by atoms with E-state index in [1.807, 2.05) is 36.6 Å². The third-order valence-electron chi connectivity index (χ3n) is 5.37. The van der Waals surface area contributed by atoms with E-state index in [1.54, 1.807) is 32.2 Å². The van der Waals surface area contributed by atoms with Crippen molar-refractivity contribution in [3.63, 3.8) is 0 Å². The van der Waals surface area contributed by atoms with E-state index in [1.165, 1.54) is 11.8 Å². The fourth-order valence-corrected chi connectivity index (χ4v) is 7.04. The molecule has 2 heterocycles. The lowest BCUT2D eigenvalue weighted by atomic mass is 10.1. The molecule has 218 valence electrons. The van der Waals surface area contributed by atoms with Crippen molar-refractivity contribution in [2.45, 2.75) is 56.7 Å². The summed E-state index contributed by atoms with van der Waals surface area (Å²) in [6.07, 6.45) is 0.902. The zero-order chi connectivity index (χ0) is 29.3. The molecule has 2 N–H and O–H groups in total. The summed E-state index contributed by atoms with van der Waals surface area (Å²) in [5.74, 6) is 0.974. The molecule has 3 aromatic rings. The second-order valence-electron chi connectivity index (χ2n) is 8.80. The Morgan fingerprint density at radius 3 is 2.35 bits per heavy atom. The lowest BCUT2D eigenvalue weighted by Gasteiger charge is -2.17. The minimum Gasteiger partial charge on any atom is -0.477 e. The third-order valence-corrected chi connectivity index (χ3v) is 8.94. The van der Waals surface area contributed by atoms with E-state index < -0.39 is 13.7 Å². The molecule has 3 rings (SSSR count). The van der Waals surface area contributed by atoms with Crippen LogP contribution in [0.3, 0.4) is 0 Å². The van der Waals surface area contributed by atoms with Crippen LogP contribution >= 0.6 is 42.6 Å². The van der Waals surface area contributed by atoms with E-state index >= 15 is 0 Å². The smallest absolute Gasteiger partial charge is 0.404 e. The zero-order valence-electron chi connectivity index (χ0n) is 22.8. The summed E-state index contributed by atoms with van der Waals surface area (Å²) >= 11 is 13.9. The van der Waals surface area contributed by atoms with Crippen LogP contribution in [0.2, 0.25) is 10.0 Å². The van der Waals surface area contributed by atoms with E-state index in [9.17, 15) is 9.36 Å². The van der Waals surface area contributed by atoms with Crippen molar-refractivity contribution < 1.29 is 27.9 Å². The van der Waals surface area contributed by atoms with Gasteiger partial charge in [-0.3, -0.25) is 4.57 Å². The number of ether oxygens (including phenoxy) is 2. The van der Waals surface area contributed by atoms with Crippen LogP contribution in [0.15, 0.2) is 46.5 Å². The Morgan fingerprint density at radius 1 is 1.12 bits per heavy atom. The van der Waals surface area contributed by atoms with E-state index in [0.29, 0.717) is 28.3 Å². The van der Waals surface area contributed by atoms with Crippen LogP contribution in [-0.4, -0.2) is 46.6 Å². The van der Waals surface area contributed by atoms with Crippen molar-refractivity contribution in [1.82, 2.24) is 14.5 Å². The molecule has 0 atom stereocenters. The first-order valence-electron chi connectivity index (χ1n) is 12.6. The number of amides is 1. The summed E-state index contributed by atoms with van der Waals surface area (Å²) in [4.78, 5) is 21.4. The molecular formula is C26H33Cl2N4O6PS. The molecule has 0 saturated carbocycles. The summed E-state index contributed by atoms with van der Waals surface area (Å²) in [5.41, 5.74) is 6.90. The monoisotopic (exact) mass is 630 g/mol. The first-order chi connectivity index (χ1) is 19.0. The van der Waals surface area contributed by atoms with E-state index in [-0.39, 0.29) is 38.5 Å². The summed E-state index contributed by atoms with van der Waals surface area (Å²) in [6.45, 7) is 8.56. The highest BCUT2D eigenvalue weighted by Crippen LogP contribution is 2.47. The summed E-state index contributed by atoms with van der Waals surface area (Å²) < 4.78 is 35.9. The standard InChI is InChI=1S/C26H33Cl2N4O6PS/c1-5-37-39(34,38-6-2)10-9-35-23-8-7-18(14-30-23)15-32-22(16-36-26(29)33)31-24(17(3)4)25(32)40-21-12-19(27)11-20(28)13-21/h7-8,11-14,17H,5-6,9-10,15-16H2,1-4H3,(H2,29,33). The SMILES string of the molecule is CCOP(=O)(CCOc1ccc(Cn2c(COC(N)=O)nc(C(C)C)c2Sc2cc(Cl)cc(Cl)c2)cn1)OCC. The number of pyridine rings is 1. The van der Waals surface area contributed by atoms with E-state index in [2.05, 4.69) is 4.98 Å². The first-order valence-corrected chi connectivity index (χ1v) is 15.9. The van der Waals surface area contributed by atoms with Crippen LogP contribution in [0.1, 0.15) is 50.7 Å². The van der Waals surface area contributed by atoms with Gasteiger partial charge in [-0.2, -0.15) is 0 Å². The number of primary amides is 1. The van der Waals surface area contributed by atoms with Crippen molar-refractivity contribution in [2.75, 3.05) is 26.0 Å². The molecule has 0 fully saturated rings. The average molecular weight is 632 g/mol. The van der Waals surface area contributed by atoms with Gasteiger partial charge in [-0.05, 0) is 43.5 Å². The summed E-state index contributed by atoms with van der Waals surface area (Å²) in [5, 5.41) is 1.88. The Labute approximate surface area is 248 Å². The predicted octanol–water partition coefficient (Wildman–Crippen LogP) is 7.15. The molecule has 0 radical (unpaired) electrons. The first kappa shape index (κ1) is 32.2. The largest absolute Gasteiger partial charge is 0.477 e. The van der Waals surface area contributed by atoms with Gasteiger partial charge >= 0.3 is 13.7 Å². The Kier molecular flexibility index (Phi) is 12.2. The fraction of sp³-hybridized carbons (Fsp3) is 0.423. The predicted molar refractivity (Wildman–Crippen MR) is 156 cm³/mol. The van der Waals surface area contributed by atoms with Crippen LogP contribution in [0.25, 0.3) is 0 Å². The van der Waals surface area contributed by atoms with Gasteiger partial charge in [0.2, 0.25) is 5.88 Å². The normalized spacial score (nSPS) is 11.7. The molecule has 1 amide bonds. The maximum atomic E-state index is 12.6. The van der Waals surface area contributed by atoms with Crippen molar-refractivity contribution in [1.29, 1.82) is 0 Å². The topological polar surface area (TPSA) is 128 Å². The number of aromatic nitrogens is 3. The highest BCUT2D eigenvalue weighted by molar-refractivity contribution is 7.99. The molecule has 0 aliphatic heterocycles.